The molecule has 0 aromatic rings. The lowest BCUT2D eigenvalue weighted by Crippen LogP contribution is -2.28. The first-order valence-electron chi connectivity index (χ1n) is 3.08. The number of ether oxygens (including phenoxy) is 1. The lowest BCUT2D eigenvalue weighted by atomic mass is 10.3. The van der Waals surface area contributed by atoms with E-state index in [9.17, 15) is 4.79 Å². The van der Waals surface area contributed by atoms with E-state index < -0.39 is 17.5 Å². The molecule has 0 saturated carbocycles. The third kappa shape index (κ3) is 3.03. The summed E-state index contributed by atoms with van der Waals surface area (Å²) in [7, 11) is 0. The SMILES string of the molecule is CCOC(=O)C(Cl)[C@H](C)O. The fourth-order valence-electron chi connectivity index (χ4n) is 0.419. The molecular formula is C6H11ClO3. The number of carbonyl (C=O) groups excluding carboxylic acids is 1. The quantitative estimate of drug-likeness (QED) is 0.492. The molecule has 3 nitrogen and oxygen atoms in total. The van der Waals surface area contributed by atoms with Crippen LogP contribution in [0.25, 0.3) is 0 Å². The average molecular weight is 167 g/mol. The van der Waals surface area contributed by atoms with Gasteiger partial charge in [-0.2, -0.15) is 0 Å². The van der Waals surface area contributed by atoms with E-state index in [1.54, 1.807) is 6.92 Å². The molecule has 0 heterocycles. The van der Waals surface area contributed by atoms with Crippen LogP contribution in [0.2, 0.25) is 0 Å². The van der Waals surface area contributed by atoms with E-state index in [1.807, 2.05) is 0 Å². The molecule has 0 radical (unpaired) electrons. The fourth-order valence-corrected chi connectivity index (χ4v) is 0.482. The molecule has 0 aromatic heterocycles. The number of hydrogen-bond acceptors (Lipinski definition) is 3. The minimum Gasteiger partial charge on any atom is -0.465 e. The smallest absolute Gasteiger partial charge is 0.326 e. The molecular weight excluding hydrogens is 156 g/mol. The van der Waals surface area contributed by atoms with Crippen molar-refractivity contribution in [1.29, 1.82) is 0 Å². The number of esters is 1. The first-order valence-corrected chi connectivity index (χ1v) is 3.52. The van der Waals surface area contributed by atoms with Crippen molar-refractivity contribution >= 4 is 17.6 Å². The Labute approximate surface area is 64.9 Å². The summed E-state index contributed by atoms with van der Waals surface area (Å²) in [6, 6.07) is 0. The van der Waals surface area contributed by atoms with E-state index in [4.69, 9.17) is 16.7 Å². The molecule has 4 heteroatoms. The maximum atomic E-state index is 10.7. The van der Waals surface area contributed by atoms with E-state index in [2.05, 4.69) is 4.74 Å². The van der Waals surface area contributed by atoms with Crippen LogP contribution in [-0.2, 0) is 9.53 Å². The van der Waals surface area contributed by atoms with Gasteiger partial charge in [0.2, 0.25) is 0 Å². The second kappa shape index (κ2) is 4.52. The van der Waals surface area contributed by atoms with Crippen molar-refractivity contribution in [3.05, 3.63) is 0 Å². The molecule has 0 fully saturated rings. The summed E-state index contributed by atoms with van der Waals surface area (Å²) >= 11 is 5.42. The molecule has 0 rings (SSSR count). The van der Waals surface area contributed by atoms with Crippen LogP contribution in [0.3, 0.4) is 0 Å². The van der Waals surface area contributed by atoms with Crippen LogP contribution in [0.15, 0.2) is 0 Å². The van der Waals surface area contributed by atoms with Gasteiger partial charge in [0.15, 0.2) is 5.38 Å². The van der Waals surface area contributed by atoms with Gasteiger partial charge in [-0.1, -0.05) is 0 Å². The summed E-state index contributed by atoms with van der Waals surface area (Å²) in [6.45, 7) is 3.41. The molecule has 0 aromatic carbocycles. The average Bonchev–Trinajstić information content (AvgIpc) is 1.87. The van der Waals surface area contributed by atoms with Gasteiger partial charge in [-0.15, -0.1) is 11.6 Å². The van der Waals surface area contributed by atoms with Crippen LogP contribution in [0.4, 0.5) is 0 Å². The van der Waals surface area contributed by atoms with Crippen molar-refractivity contribution in [2.75, 3.05) is 6.61 Å². The van der Waals surface area contributed by atoms with Gasteiger partial charge in [-0.05, 0) is 13.8 Å². The number of alkyl halides is 1. The summed E-state index contributed by atoms with van der Waals surface area (Å²) in [5, 5.41) is 7.84. The van der Waals surface area contributed by atoms with Crippen LogP contribution in [0.1, 0.15) is 13.8 Å². The first kappa shape index (κ1) is 9.72. The molecule has 0 bridgehead atoms. The van der Waals surface area contributed by atoms with Gasteiger partial charge in [0, 0.05) is 0 Å². The summed E-state index contributed by atoms with van der Waals surface area (Å²) in [5.41, 5.74) is 0. The molecule has 0 saturated heterocycles. The van der Waals surface area contributed by atoms with Crippen LogP contribution >= 0.6 is 11.6 Å². The fraction of sp³-hybridized carbons (Fsp3) is 0.833. The summed E-state index contributed by atoms with van der Waals surface area (Å²) < 4.78 is 4.53. The summed E-state index contributed by atoms with van der Waals surface area (Å²) in [5.74, 6) is -0.570. The molecule has 0 aliphatic heterocycles. The Bertz CT molecular complexity index is 114. The van der Waals surface area contributed by atoms with E-state index >= 15 is 0 Å². The minimum atomic E-state index is -0.944. The van der Waals surface area contributed by atoms with Crippen molar-refractivity contribution in [3.8, 4) is 0 Å². The Morgan fingerprint density at radius 3 is 2.60 bits per heavy atom. The van der Waals surface area contributed by atoms with Crippen LogP contribution < -0.4 is 0 Å². The summed E-state index contributed by atoms with van der Waals surface area (Å²) in [4.78, 5) is 10.7. The van der Waals surface area contributed by atoms with Gasteiger partial charge in [-0.3, -0.25) is 4.79 Å². The lowest BCUT2D eigenvalue weighted by molar-refractivity contribution is -0.144. The third-order valence-electron chi connectivity index (χ3n) is 0.935. The van der Waals surface area contributed by atoms with Crippen molar-refractivity contribution in [2.45, 2.75) is 25.3 Å². The predicted molar refractivity (Wildman–Crippen MR) is 38.0 cm³/mol. The highest BCUT2D eigenvalue weighted by atomic mass is 35.5. The number of carbonyl (C=O) groups is 1. The molecule has 1 unspecified atom stereocenters. The second-order valence-electron chi connectivity index (χ2n) is 1.89. The molecule has 0 spiro atoms. The molecule has 10 heavy (non-hydrogen) atoms. The number of hydrogen-bond donors (Lipinski definition) is 1. The van der Waals surface area contributed by atoms with Crippen molar-refractivity contribution in [1.82, 2.24) is 0 Å². The first-order chi connectivity index (χ1) is 4.59. The molecule has 2 atom stereocenters. The lowest BCUT2D eigenvalue weighted by Gasteiger charge is -2.09. The topological polar surface area (TPSA) is 46.5 Å². The highest BCUT2D eigenvalue weighted by molar-refractivity contribution is 6.30. The molecule has 1 N–H and O–H groups in total. The largest absolute Gasteiger partial charge is 0.465 e. The van der Waals surface area contributed by atoms with E-state index in [0.29, 0.717) is 0 Å². The minimum absolute atomic E-state index is 0.286. The normalized spacial score (nSPS) is 16.0. The van der Waals surface area contributed by atoms with Gasteiger partial charge in [-0.25, -0.2) is 0 Å². The van der Waals surface area contributed by atoms with Crippen molar-refractivity contribution in [3.63, 3.8) is 0 Å². The molecule has 0 amide bonds. The predicted octanol–water partition coefficient (Wildman–Crippen LogP) is 0.538. The maximum absolute atomic E-state index is 10.7. The molecule has 0 aliphatic carbocycles. The van der Waals surface area contributed by atoms with Gasteiger partial charge >= 0.3 is 5.97 Å². The Kier molecular flexibility index (Phi) is 4.40. The van der Waals surface area contributed by atoms with Crippen LogP contribution in [0, 0.1) is 0 Å². The Hall–Kier alpha value is -0.280. The Balaban J connectivity index is 3.71. The molecule has 0 aliphatic rings. The number of rotatable bonds is 3. The van der Waals surface area contributed by atoms with Crippen molar-refractivity contribution < 1.29 is 14.6 Å². The van der Waals surface area contributed by atoms with Gasteiger partial charge < -0.3 is 9.84 Å². The zero-order valence-electron chi connectivity index (χ0n) is 6.00. The second-order valence-corrected chi connectivity index (χ2v) is 2.36. The van der Waals surface area contributed by atoms with Crippen LogP contribution in [-0.4, -0.2) is 29.2 Å². The monoisotopic (exact) mass is 166 g/mol. The van der Waals surface area contributed by atoms with Gasteiger partial charge in [0.05, 0.1) is 12.7 Å². The zero-order valence-corrected chi connectivity index (χ0v) is 6.76. The van der Waals surface area contributed by atoms with E-state index in [1.165, 1.54) is 6.92 Å². The van der Waals surface area contributed by atoms with Crippen LogP contribution in [0.5, 0.6) is 0 Å². The van der Waals surface area contributed by atoms with E-state index in [-0.39, 0.29) is 6.61 Å². The maximum Gasteiger partial charge on any atom is 0.326 e. The summed E-state index contributed by atoms with van der Waals surface area (Å²) in [6.07, 6.45) is -0.860. The Morgan fingerprint density at radius 1 is 1.80 bits per heavy atom. The Morgan fingerprint density at radius 2 is 2.30 bits per heavy atom. The highest BCUT2D eigenvalue weighted by Gasteiger charge is 2.21. The standard InChI is InChI=1S/C6H11ClO3/c1-3-10-6(9)5(7)4(2)8/h4-5,8H,3H2,1-2H3/t4-,5?/m0/s1. The van der Waals surface area contributed by atoms with Gasteiger partial charge in [0.25, 0.3) is 0 Å². The molecule has 60 valence electrons. The number of halogens is 1. The number of aliphatic hydroxyl groups is 1. The van der Waals surface area contributed by atoms with Crippen molar-refractivity contribution in [2.24, 2.45) is 0 Å². The number of aliphatic hydroxyl groups excluding tert-OH is 1. The highest BCUT2D eigenvalue weighted by Crippen LogP contribution is 2.04. The van der Waals surface area contributed by atoms with E-state index in [0.717, 1.165) is 0 Å². The third-order valence-corrected chi connectivity index (χ3v) is 1.48. The zero-order chi connectivity index (χ0) is 8.15. The van der Waals surface area contributed by atoms with Gasteiger partial charge in [0.1, 0.15) is 0 Å².